The Labute approximate surface area is 132 Å². The second kappa shape index (κ2) is 5.69. The van der Waals surface area contributed by atoms with Crippen LogP contribution >= 0.6 is 0 Å². The topological polar surface area (TPSA) is 113 Å². The largest absolute Gasteiger partial charge is 0.491 e. The summed E-state index contributed by atoms with van der Waals surface area (Å²) in [5.74, 6) is -1.33. The van der Waals surface area contributed by atoms with Crippen LogP contribution in [-0.4, -0.2) is 31.6 Å². The van der Waals surface area contributed by atoms with Gasteiger partial charge < -0.3 is 14.8 Å². The summed E-state index contributed by atoms with van der Waals surface area (Å²) in [5, 5.41) is 18.8. The third-order valence-electron chi connectivity index (χ3n) is 3.47. The Hall–Kier alpha value is -2.36. The molecule has 0 unspecified atom stereocenters. The highest BCUT2D eigenvalue weighted by molar-refractivity contribution is 7.92. The number of hydrogen-bond acceptors (Lipinski definition) is 5. The summed E-state index contributed by atoms with van der Waals surface area (Å²) in [4.78, 5) is 10.8. The van der Waals surface area contributed by atoms with Gasteiger partial charge in [0.2, 0.25) is 0 Å². The van der Waals surface area contributed by atoms with Gasteiger partial charge in [0.05, 0.1) is 12.2 Å². The molecule has 3 N–H and O–H groups in total. The van der Waals surface area contributed by atoms with Crippen LogP contribution < -0.4 is 10.2 Å². The van der Waals surface area contributed by atoms with Crippen molar-refractivity contribution in [3.63, 3.8) is 0 Å². The summed E-state index contributed by atoms with van der Waals surface area (Å²) < 4.78 is 32.2. The van der Waals surface area contributed by atoms with Crippen molar-refractivity contribution in [1.29, 1.82) is 0 Å². The van der Waals surface area contributed by atoms with Crippen molar-refractivity contribution in [3.8, 4) is 0 Å². The van der Waals surface area contributed by atoms with Crippen LogP contribution in [0.3, 0.4) is 0 Å². The van der Waals surface area contributed by atoms with Crippen LogP contribution in [0.1, 0.15) is 15.9 Å². The number of anilines is 1. The van der Waals surface area contributed by atoms with Gasteiger partial charge in [-0.3, -0.25) is 4.72 Å². The van der Waals surface area contributed by atoms with E-state index in [9.17, 15) is 18.2 Å². The number of nitrogens with one attached hydrogen (secondary N) is 1. The summed E-state index contributed by atoms with van der Waals surface area (Å²) in [6.45, 7) is 0.255. The number of aromatic carboxylic acids is 1. The maximum Gasteiger partial charge on any atom is 0.491 e. The lowest BCUT2D eigenvalue weighted by Gasteiger charge is -2.11. The van der Waals surface area contributed by atoms with Crippen molar-refractivity contribution in [1.82, 2.24) is 0 Å². The number of benzene rings is 2. The normalized spacial score (nSPS) is 13.7. The van der Waals surface area contributed by atoms with Gasteiger partial charge in [-0.15, -0.1) is 0 Å². The van der Waals surface area contributed by atoms with Gasteiger partial charge in [-0.25, -0.2) is 13.2 Å². The zero-order chi connectivity index (χ0) is 16.6. The highest BCUT2D eigenvalue weighted by Crippen LogP contribution is 2.21. The highest BCUT2D eigenvalue weighted by Gasteiger charge is 2.28. The van der Waals surface area contributed by atoms with E-state index in [2.05, 4.69) is 4.72 Å². The van der Waals surface area contributed by atoms with Crippen LogP contribution in [0.25, 0.3) is 0 Å². The average Bonchev–Trinajstić information content (AvgIpc) is 2.88. The zero-order valence-corrected chi connectivity index (χ0v) is 12.6. The summed E-state index contributed by atoms with van der Waals surface area (Å²) in [6, 6.07) is 9.97. The summed E-state index contributed by atoms with van der Waals surface area (Å²) in [5.41, 5.74) is 1.15. The Morgan fingerprint density at radius 2 is 1.96 bits per heavy atom. The van der Waals surface area contributed by atoms with Crippen molar-refractivity contribution in [3.05, 3.63) is 53.6 Å². The summed E-state index contributed by atoms with van der Waals surface area (Å²) in [7, 11) is -5.17. The molecule has 0 radical (unpaired) electrons. The number of hydrogen-bond donors (Lipinski definition) is 3. The molecule has 2 aromatic carbocycles. The van der Waals surface area contributed by atoms with Crippen LogP contribution in [0.5, 0.6) is 0 Å². The lowest BCUT2D eigenvalue weighted by atomic mass is 9.79. The molecule has 0 amide bonds. The van der Waals surface area contributed by atoms with Gasteiger partial charge >= 0.3 is 13.1 Å². The summed E-state index contributed by atoms with van der Waals surface area (Å²) in [6.07, 6.45) is 0. The number of carboxylic acids is 1. The number of sulfonamides is 1. The standard InChI is InChI=1S/C14H12BNO6S/c17-14(18)11-3-1-2-4-13(11)23(20,21)16-10-6-5-9-8-22-15(19)12(9)7-10/h1-7,16,19H,8H2,(H,17,18). The van der Waals surface area contributed by atoms with E-state index in [1.165, 1.54) is 36.4 Å². The molecule has 0 saturated carbocycles. The molecule has 0 fully saturated rings. The molecule has 7 nitrogen and oxygen atoms in total. The zero-order valence-electron chi connectivity index (χ0n) is 11.8. The first-order valence-electron chi connectivity index (χ1n) is 6.66. The lowest BCUT2D eigenvalue weighted by molar-refractivity contribution is 0.0692. The van der Waals surface area contributed by atoms with Gasteiger partial charge in [0.25, 0.3) is 10.0 Å². The quantitative estimate of drug-likeness (QED) is 0.698. The molecule has 0 aromatic heterocycles. The molecule has 3 rings (SSSR count). The van der Waals surface area contributed by atoms with E-state index in [1.54, 1.807) is 6.07 Å². The predicted molar refractivity (Wildman–Crippen MR) is 83.0 cm³/mol. The Balaban J connectivity index is 1.97. The van der Waals surface area contributed by atoms with Crippen molar-refractivity contribution in [2.75, 3.05) is 4.72 Å². The molecule has 0 atom stereocenters. The number of carboxylic acid groups (broad SMARTS) is 1. The third kappa shape index (κ3) is 2.94. The van der Waals surface area contributed by atoms with E-state index in [0.717, 1.165) is 5.56 Å². The Kier molecular flexibility index (Phi) is 3.84. The first-order valence-corrected chi connectivity index (χ1v) is 8.14. The minimum absolute atomic E-state index is 0.216. The SMILES string of the molecule is O=C(O)c1ccccc1S(=O)(=O)Nc1ccc2c(c1)B(O)OC2. The Morgan fingerprint density at radius 1 is 1.22 bits per heavy atom. The fourth-order valence-electron chi connectivity index (χ4n) is 2.37. The molecule has 0 spiro atoms. The van der Waals surface area contributed by atoms with Gasteiger partial charge in [-0.05, 0) is 35.3 Å². The Morgan fingerprint density at radius 3 is 2.70 bits per heavy atom. The van der Waals surface area contributed by atoms with E-state index >= 15 is 0 Å². The minimum atomic E-state index is -4.08. The minimum Gasteiger partial charge on any atom is -0.478 e. The summed E-state index contributed by atoms with van der Waals surface area (Å²) >= 11 is 0. The van der Waals surface area contributed by atoms with Crippen LogP contribution in [-0.2, 0) is 21.3 Å². The van der Waals surface area contributed by atoms with Gasteiger partial charge in [-0.1, -0.05) is 18.2 Å². The van der Waals surface area contributed by atoms with Gasteiger partial charge in [0, 0.05) is 5.69 Å². The van der Waals surface area contributed by atoms with Crippen molar-refractivity contribution < 1.29 is 28.0 Å². The van der Waals surface area contributed by atoms with E-state index < -0.39 is 23.1 Å². The predicted octanol–water partition coefficient (Wildman–Crippen LogP) is 0.403. The molecule has 9 heteroatoms. The van der Waals surface area contributed by atoms with Crippen LogP contribution in [0.15, 0.2) is 47.4 Å². The number of rotatable bonds is 4. The average molecular weight is 333 g/mol. The molecule has 1 aliphatic rings. The molecular weight excluding hydrogens is 321 g/mol. The first kappa shape index (κ1) is 15.5. The Bertz CT molecular complexity index is 883. The molecule has 1 heterocycles. The molecular formula is C14H12BNO6S. The maximum absolute atomic E-state index is 12.4. The second-order valence-electron chi connectivity index (χ2n) is 4.98. The molecule has 118 valence electrons. The van der Waals surface area contributed by atoms with E-state index in [4.69, 9.17) is 9.76 Å². The van der Waals surface area contributed by atoms with E-state index in [0.29, 0.717) is 5.46 Å². The van der Waals surface area contributed by atoms with Crippen LogP contribution in [0.2, 0.25) is 0 Å². The van der Waals surface area contributed by atoms with E-state index in [1.807, 2.05) is 0 Å². The molecule has 0 aliphatic carbocycles. The van der Waals surface area contributed by atoms with Crippen molar-refractivity contribution in [2.24, 2.45) is 0 Å². The maximum atomic E-state index is 12.4. The van der Waals surface area contributed by atoms with Gasteiger partial charge in [-0.2, -0.15) is 0 Å². The monoisotopic (exact) mass is 333 g/mol. The second-order valence-corrected chi connectivity index (χ2v) is 6.63. The van der Waals surface area contributed by atoms with Crippen LogP contribution in [0, 0.1) is 0 Å². The van der Waals surface area contributed by atoms with Gasteiger partial charge in [0.1, 0.15) is 4.90 Å². The van der Waals surface area contributed by atoms with Crippen LogP contribution in [0.4, 0.5) is 5.69 Å². The van der Waals surface area contributed by atoms with Gasteiger partial charge in [0.15, 0.2) is 0 Å². The van der Waals surface area contributed by atoms with Crippen molar-refractivity contribution in [2.45, 2.75) is 11.5 Å². The highest BCUT2D eigenvalue weighted by atomic mass is 32.2. The number of fused-ring (bicyclic) bond motifs is 1. The number of carbonyl (C=O) groups is 1. The smallest absolute Gasteiger partial charge is 0.478 e. The van der Waals surface area contributed by atoms with E-state index in [-0.39, 0.29) is 22.8 Å². The molecule has 2 aromatic rings. The first-order chi connectivity index (χ1) is 10.9. The van der Waals surface area contributed by atoms with Crippen molar-refractivity contribution >= 4 is 34.3 Å². The lowest BCUT2D eigenvalue weighted by Crippen LogP contribution is -2.28. The fraction of sp³-hybridized carbons (Fsp3) is 0.0714. The molecule has 1 aliphatic heterocycles. The molecule has 23 heavy (non-hydrogen) atoms. The molecule has 0 saturated heterocycles. The fourth-order valence-corrected chi connectivity index (χ4v) is 3.62. The third-order valence-corrected chi connectivity index (χ3v) is 4.91. The molecule has 0 bridgehead atoms.